The van der Waals surface area contributed by atoms with Crippen LogP contribution in [0.3, 0.4) is 0 Å². The topological polar surface area (TPSA) is 49.7 Å². The van der Waals surface area contributed by atoms with Crippen LogP contribution in [0.4, 0.5) is 0 Å². The van der Waals surface area contributed by atoms with Gasteiger partial charge in [-0.05, 0) is 9.47 Å². The Balaban J connectivity index is -0.0000000800. The second kappa shape index (κ2) is 12.1. The fourth-order valence-electron chi connectivity index (χ4n) is 0. The Labute approximate surface area is 123 Å². The second-order valence-electron chi connectivity index (χ2n) is 0.462. The first kappa shape index (κ1) is 16.8. The van der Waals surface area contributed by atoms with E-state index >= 15 is 0 Å². The average molecular weight is 335 g/mol. The third kappa shape index (κ3) is 17.7. The Bertz CT molecular complexity index is 28.9. The predicted octanol–water partition coefficient (Wildman–Crippen LogP) is -2.15. The fourth-order valence-corrected chi connectivity index (χ4v) is 0. The molecule has 3 nitrogen and oxygen atoms in total. The third-order valence-corrected chi connectivity index (χ3v) is 0.365. The summed E-state index contributed by atoms with van der Waals surface area (Å²) in [5.41, 5.74) is 0. The fraction of sp³-hybridized carbons (Fsp3) is 0. The molecule has 0 bridgehead atoms. The average Bonchev–Trinajstić information content (AvgIpc) is 1.38. The molecule has 7 heavy (non-hydrogen) atoms. The van der Waals surface area contributed by atoms with Crippen LogP contribution in [0.25, 0.3) is 0 Å². The Morgan fingerprint density at radius 1 is 1.43 bits per heavy atom. The van der Waals surface area contributed by atoms with Gasteiger partial charge in [-0.2, -0.15) is 0 Å². The van der Waals surface area contributed by atoms with Gasteiger partial charge in [-0.15, -0.1) is 0 Å². The molecule has 0 rings (SSSR count). The van der Waals surface area contributed by atoms with Crippen LogP contribution in [0.15, 0.2) is 0 Å². The standard InChI is InChI=1S/BH4O3P.Eu.Sr.2H/c2-1(3)4-5;;;;/h2-3H,5H2;;;;. The summed E-state index contributed by atoms with van der Waals surface area (Å²) in [5, 5.41) is 15.3. The van der Waals surface area contributed by atoms with Crippen molar-refractivity contribution in [1.29, 1.82) is 0 Å². The normalized spacial score (nSPS) is 5.57. The molecule has 0 spiro atoms. The van der Waals surface area contributed by atoms with E-state index in [1.807, 2.05) is 0 Å². The molecule has 0 amide bonds. The molecular weight excluding hydrogens is 329 g/mol. The molecule has 1 radical (unpaired) electrons. The first-order chi connectivity index (χ1) is 2.27. The molecule has 0 aliphatic rings. The van der Waals surface area contributed by atoms with Crippen LogP contribution < -0.4 is 0 Å². The zero-order chi connectivity index (χ0) is 4.28. The monoisotopic (exact) mass is 337 g/mol. The second-order valence-corrected chi connectivity index (χ2v) is 0.735. The first-order valence-electron chi connectivity index (χ1n) is 0.988. The van der Waals surface area contributed by atoms with Gasteiger partial charge in [0.2, 0.25) is 0 Å². The van der Waals surface area contributed by atoms with Gasteiger partial charge in [-0.25, -0.2) is 0 Å². The van der Waals surface area contributed by atoms with E-state index in [-0.39, 0.29) is 94.9 Å². The molecular formula is H6BEuO3PSr. The van der Waals surface area contributed by atoms with Crippen LogP contribution in [0, 0.1) is 49.4 Å². The van der Waals surface area contributed by atoms with E-state index in [9.17, 15) is 0 Å². The SMILES string of the molecule is OB(O)OP.[Eu].[SrH2]. The van der Waals surface area contributed by atoms with Crippen molar-refractivity contribution < 1.29 is 63.9 Å². The molecule has 0 aromatic heterocycles. The van der Waals surface area contributed by atoms with E-state index in [0.717, 1.165) is 0 Å². The predicted molar refractivity (Wildman–Crippen MR) is 29.5 cm³/mol. The van der Waals surface area contributed by atoms with E-state index in [1.165, 1.54) is 0 Å². The molecule has 0 aromatic carbocycles. The van der Waals surface area contributed by atoms with Crippen LogP contribution in [0.1, 0.15) is 0 Å². The maximum atomic E-state index is 7.67. The van der Waals surface area contributed by atoms with Crippen molar-refractivity contribution in [2.24, 2.45) is 0 Å². The summed E-state index contributed by atoms with van der Waals surface area (Å²) in [5.74, 6) is 0. The van der Waals surface area contributed by atoms with Crippen molar-refractivity contribution in [2.45, 2.75) is 0 Å². The molecule has 1 unspecified atom stereocenters. The minimum absolute atomic E-state index is 0. The third-order valence-electron chi connectivity index (χ3n) is 0.122. The molecule has 0 saturated carbocycles. The van der Waals surface area contributed by atoms with E-state index in [2.05, 4.69) is 4.44 Å². The van der Waals surface area contributed by atoms with Gasteiger partial charge >= 0.3 is 52.8 Å². The van der Waals surface area contributed by atoms with Crippen LogP contribution in [-0.2, 0) is 4.44 Å². The zero-order valence-corrected chi connectivity index (χ0v) is 6.42. The van der Waals surface area contributed by atoms with Gasteiger partial charge < -0.3 is 14.5 Å². The summed E-state index contributed by atoms with van der Waals surface area (Å²) in [6, 6.07) is 0. The van der Waals surface area contributed by atoms with Crippen LogP contribution in [-0.4, -0.2) is 62.9 Å². The first-order valence-corrected chi connectivity index (χ1v) is 1.46. The van der Waals surface area contributed by atoms with Gasteiger partial charge in [-0.3, -0.25) is 0 Å². The van der Waals surface area contributed by atoms with Gasteiger partial charge in [0, 0.05) is 49.4 Å². The van der Waals surface area contributed by atoms with Gasteiger partial charge in [0.05, 0.1) is 0 Å². The Hall–Kier alpha value is 3.44. The van der Waals surface area contributed by atoms with Crippen molar-refractivity contribution in [3.63, 3.8) is 0 Å². The van der Waals surface area contributed by atoms with Crippen molar-refractivity contribution >= 4 is 62.3 Å². The molecule has 0 aliphatic heterocycles. The van der Waals surface area contributed by atoms with Crippen molar-refractivity contribution in [1.82, 2.24) is 0 Å². The van der Waals surface area contributed by atoms with Crippen molar-refractivity contribution in [3.8, 4) is 0 Å². The summed E-state index contributed by atoms with van der Waals surface area (Å²) in [6.07, 6.45) is 0. The van der Waals surface area contributed by atoms with E-state index in [0.29, 0.717) is 0 Å². The van der Waals surface area contributed by atoms with E-state index in [4.69, 9.17) is 10.0 Å². The van der Waals surface area contributed by atoms with Crippen molar-refractivity contribution in [2.75, 3.05) is 0 Å². The number of hydrogen-bond acceptors (Lipinski definition) is 3. The van der Waals surface area contributed by atoms with E-state index in [1.54, 1.807) is 9.47 Å². The molecule has 41 valence electrons. The zero-order valence-electron chi connectivity index (χ0n) is 2.84. The Kier molecular flexibility index (Phi) is 29.2. The maximum absolute atomic E-state index is 7.67. The Morgan fingerprint density at radius 3 is 1.57 bits per heavy atom. The molecule has 0 saturated heterocycles. The summed E-state index contributed by atoms with van der Waals surface area (Å²) in [4.78, 5) is 0. The number of hydrogen-bond donors (Lipinski definition) is 2. The summed E-state index contributed by atoms with van der Waals surface area (Å²) < 4.78 is 3.78. The molecule has 0 aliphatic carbocycles. The summed E-state index contributed by atoms with van der Waals surface area (Å²) in [7, 11) is 0.0417. The molecule has 0 aromatic rings. The summed E-state index contributed by atoms with van der Waals surface area (Å²) in [6.45, 7) is 0. The quantitative estimate of drug-likeness (QED) is 0.424. The van der Waals surface area contributed by atoms with Crippen LogP contribution in [0.5, 0.6) is 0 Å². The van der Waals surface area contributed by atoms with Crippen LogP contribution in [0.2, 0.25) is 0 Å². The Morgan fingerprint density at radius 2 is 1.57 bits per heavy atom. The van der Waals surface area contributed by atoms with E-state index < -0.39 is 7.32 Å². The molecule has 0 fully saturated rings. The van der Waals surface area contributed by atoms with Crippen molar-refractivity contribution in [3.05, 3.63) is 0 Å². The molecule has 2 N–H and O–H groups in total. The molecule has 0 heterocycles. The molecule has 1 atom stereocenters. The van der Waals surface area contributed by atoms with Gasteiger partial charge in [0.15, 0.2) is 0 Å². The minimum atomic E-state index is -1.65. The number of rotatable bonds is 1. The summed E-state index contributed by atoms with van der Waals surface area (Å²) >= 11 is 0. The van der Waals surface area contributed by atoms with Gasteiger partial charge in [-0.1, -0.05) is 0 Å². The van der Waals surface area contributed by atoms with Gasteiger partial charge in [0.25, 0.3) is 0 Å². The van der Waals surface area contributed by atoms with Gasteiger partial charge in [0.1, 0.15) is 0 Å². The van der Waals surface area contributed by atoms with Crippen LogP contribution >= 0.6 is 9.47 Å². The molecule has 7 heteroatoms.